The normalized spacial score (nSPS) is 21.6. The van der Waals surface area contributed by atoms with Crippen LogP contribution in [0.15, 0.2) is 18.2 Å². The van der Waals surface area contributed by atoms with E-state index < -0.39 is 0 Å². The van der Waals surface area contributed by atoms with E-state index in [1.54, 1.807) is 18.2 Å². The zero-order chi connectivity index (χ0) is 11.5. The van der Waals surface area contributed by atoms with Gasteiger partial charge in [-0.25, -0.2) is 4.39 Å². The van der Waals surface area contributed by atoms with E-state index >= 15 is 0 Å². The molecule has 1 aromatic carbocycles. The van der Waals surface area contributed by atoms with Gasteiger partial charge in [0.05, 0.1) is 5.02 Å². The number of hydrogen-bond acceptors (Lipinski definition) is 2. The van der Waals surface area contributed by atoms with E-state index in [1.165, 1.54) is 0 Å². The third kappa shape index (κ3) is 2.54. The first kappa shape index (κ1) is 11.8. The van der Waals surface area contributed by atoms with Crippen LogP contribution in [0.1, 0.15) is 12.0 Å². The Balaban J connectivity index is 2.02. The van der Waals surface area contributed by atoms with Gasteiger partial charge in [0.1, 0.15) is 5.82 Å². The molecule has 88 valence electrons. The van der Waals surface area contributed by atoms with E-state index in [0.29, 0.717) is 24.6 Å². The van der Waals surface area contributed by atoms with Crippen LogP contribution in [-0.2, 0) is 6.54 Å². The highest BCUT2D eigenvalue weighted by molar-refractivity contribution is 6.30. The molecule has 2 rings (SSSR count). The summed E-state index contributed by atoms with van der Waals surface area (Å²) in [5.41, 5.74) is 6.29. The van der Waals surface area contributed by atoms with Crippen molar-refractivity contribution in [1.29, 1.82) is 0 Å². The number of benzene rings is 1. The van der Waals surface area contributed by atoms with Crippen LogP contribution in [0.5, 0.6) is 0 Å². The first-order chi connectivity index (χ1) is 7.70. The maximum atomic E-state index is 13.7. The van der Waals surface area contributed by atoms with Crippen molar-refractivity contribution in [1.82, 2.24) is 4.90 Å². The fourth-order valence-corrected chi connectivity index (χ4v) is 2.35. The number of likely N-dealkylation sites (tertiary alicyclic amines) is 1. The Morgan fingerprint density at radius 3 is 3.00 bits per heavy atom. The molecule has 1 aliphatic rings. The lowest BCUT2D eigenvalue weighted by molar-refractivity contribution is 0.312. The highest BCUT2D eigenvalue weighted by Crippen LogP contribution is 2.22. The lowest BCUT2D eigenvalue weighted by atomic mass is 10.1. The SMILES string of the molecule is NCC1CCN(Cc2cccc(Cl)c2F)C1. The van der Waals surface area contributed by atoms with Crippen LogP contribution in [0, 0.1) is 11.7 Å². The van der Waals surface area contributed by atoms with Crippen LogP contribution < -0.4 is 5.73 Å². The van der Waals surface area contributed by atoms with Crippen molar-refractivity contribution in [2.45, 2.75) is 13.0 Å². The number of halogens is 2. The minimum atomic E-state index is -0.291. The fourth-order valence-electron chi connectivity index (χ4n) is 2.16. The summed E-state index contributed by atoms with van der Waals surface area (Å²) in [5, 5.41) is 0.201. The Hall–Kier alpha value is -0.640. The second kappa shape index (κ2) is 5.13. The molecule has 0 aliphatic carbocycles. The van der Waals surface area contributed by atoms with Crippen molar-refractivity contribution >= 4 is 11.6 Å². The molecule has 0 saturated carbocycles. The smallest absolute Gasteiger partial charge is 0.146 e. The van der Waals surface area contributed by atoms with Crippen LogP contribution in [0.25, 0.3) is 0 Å². The number of rotatable bonds is 3. The Kier molecular flexibility index (Phi) is 3.79. The molecule has 1 fully saturated rings. The Morgan fingerprint density at radius 2 is 2.31 bits per heavy atom. The van der Waals surface area contributed by atoms with Gasteiger partial charge < -0.3 is 5.73 Å². The quantitative estimate of drug-likeness (QED) is 0.881. The van der Waals surface area contributed by atoms with Crippen molar-refractivity contribution in [3.05, 3.63) is 34.6 Å². The molecular formula is C12H16ClFN2. The van der Waals surface area contributed by atoms with Gasteiger partial charge in [-0.2, -0.15) is 0 Å². The van der Waals surface area contributed by atoms with Crippen molar-refractivity contribution in [3.8, 4) is 0 Å². The van der Waals surface area contributed by atoms with Gasteiger partial charge in [-0.15, -0.1) is 0 Å². The Bertz CT molecular complexity index is 370. The molecular weight excluding hydrogens is 227 g/mol. The summed E-state index contributed by atoms with van der Waals surface area (Å²) < 4.78 is 13.7. The number of nitrogens with zero attached hydrogens (tertiary/aromatic N) is 1. The molecule has 0 radical (unpaired) electrons. The van der Waals surface area contributed by atoms with Gasteiger partial charge in [-0.3, -0.25) is 4.90 Å². The van der Waals surface area contributed by atoms with Crippen LogP contribution in [-0.4, -0.2) is 24.5 Å². The molecule has 16 heavy (non-hydrogen) atoms. The molecule has 1 aromatic rings. The highest BCUT2D eigenvalue weighted by Gasteiger charge is 2.22. The molecule has 1 heterocycles. The summed E-state index contributed by atoms with van der Waals surface area (Å²) in [6.07, 6.45) is 1.11. The van der Waals surface area contributed by atoms with E-state index in [0.717, 1.165) is 19.5 Å². The molecule has 0 bridgehead atoms. The zero-order valence-electron chi connectivity index (χ0n) is 9.13. The highest BCUT2D eigenvalue weighted by atomic mass is 35.5. The average Bonchev–Trinajstić information content (AvgIpc) is 2.73. The summed E-state index contributed by atoms with van der Waals surface area (Å²) in [5.74, 6) is 0.266. The first-order valence-corrected chi connectivity index (χ1v) is 5.94. The first-order valence-electron chi connectivity index (χ1n) is 5.56. The molecule has 2 N–H and O–H groups in total. The van der Waals surface area contributed by atoms with Gasteiger partial charge in [0.15, 0.2) is 0 Å². The molecule has 1 aliphatic heterocycles. The van der Waals surface area contributed by atoms with Gasteiger partial charge in [-0.05, 0) is 31.5 Å². The fraction of sp³-hybridized carbons (Fsp3) is 0.500. The number of hydrogen-bond donors (Lipinski definition) is 1. The van der Waals surface area contributed by atoms with Crippen molar-refractivity contribution < 1.29 is 4.39 Å². The van der Waals surface area contributed by atoms with Crippen molar-refractivity contribution in [2.24, 2.45) is 11.7 Å². The van der Waals surface area contributed by atoms with Gasteiger partial charge in [0.25, 0.3) is 0 Å². The lowest BCUT2D eigenvalue weighted by Gasteiger charge is -2.16. The van der Waals surface area contributed by atoms with E-state index in [1.807, 2.05) is 0 Å². The summed E-state index contributed by atoms with van der Waals surface area (Å²) >= 11 is 5.74. The van der Waals surface area contributed by atoms with Gasteiger partial charge in [0.2, 0.25) is 0 Å². The van der Waals surface area contributed by atoms with Crippen LogP contribution in [0.4, 0.5) is 4.39 Å². The Morgan fingerprint density at radius 1 is 1.50 bits per heavy atom. The van der Waals surface area contributed by atoms with Crippen LogP contribution in [0.2, 0.25) is 5.02 Å². The van der Waals surface area contributed by atoms with Crippen LogP contribution >= 0.6 is 11.6 Å². The summed E-state index contributed by atoms with van der Waals surface area (Å²) in [6, 6.07) is 5.15. The molecule has 2 nitrogen and oxygen atoms in total. The summed E-state index contributed by atoms with van der Waals surface area (Å²) in [6.45, 7) is 3.30. The largest absolute Gasteiger partial charge is 0.330 e. The minimum absolute atomic E-state index is 0.201. The third-order valence-corrected chi connectivity index (χ3v) is 3.42. The second-order valence-electron chi connectivity index (χ2n) is 4.34. The van der Waals surface area contributed by atoms with Gasteiger partial charge >= 0.3 is 0 Å². The third-order valence-electron chi connectivity index (χ3n) is 3.13. The molecule has 1 saturated heterocycles. The maximum absolute atomic E-state index is 13.7. The molecule has 0 aromatic heterocycles. The van der Waals surface area contributed by atoms with Crippen molar-refractivity contribution in [2.75, 3.05) is 19.6 Å². The molecule has 0 spiro atoms. The zero-order valence-corrected chi connectivity index (χ0v) is 9.88. The van der Waals surface area contributed by atoms with E-state index in [9.17, 15) is 4.39 Å². The van der Waals surface area contributed by atoms with Crippen LogP contribution in [0.3, 0.4) is 0 Å². The topological polar surface area (TPSA) is 29.3 Å². The van der Waals surface area contributed by atoms with Crippen molar-refractivity contribution in [3.63, 3.8) is 0 Å². The summed E-state index contributed by atoms with van der Waals surface area (Å²) in [7, 11) is 0. The maximum Gasteiger partial charge on any atom is 0.146 e. The molecule has 0 amide bonds. The van der Waals surface area contributed by atoms with E-state index in [-0.39, 0.29) is 10.8 Å². The summed E-state index contributed by atoms with van der Waals surface area (Å²) in [4.78, 5) is 2.23. The van der Waals surface area contributed by atoms with E-state index in [4.69, 9.17) is 17.3 Å². The average molecular weight is 243 g/mol. The standard InChI is InChI=1S/C12H16ClFN2/c13-11-3-1-2-10(12(11)14)8-16-5-4-9(6-15)7-16/h1-3,9H,4-8,15H2. The molecule has 1 atom stereocenters. The predicted molar refractivity (Wildman–Crippen MR) is 63.8 cm³/mol. The lowest BCUT2D eigenvalue weighted by Crippen LogP contribution is -2.23. The van der Waals surface area contributed by atoms with Gasteiger partial charge in [-0.1, -0.05) is 23.7 Å². The molecule has 1 unspecified atom stereocenters. The minimum Gasteiger partial charge on any atom is -0.330 e. The monoisotopic (exact) mass is 242 g/mol. The number of nitrogens with two attached hydrogens (primary N) is 1. The second-order valence-corrected chi connectivity index (χ2v) is 4.75. The Labute approximate surface area is 100 Å². The van der Waals surface area contributed by atoms with Gasteiger partial charge in [0, 0.05) is 18.7 Å². The predicted octanol–water partition coefficient (Wildman–Crippen LogP) is 2.26. The van der Waals surface area contributed by atoms with E-state index in [2.05, 4.69) is 4.90 Å². The molecule has 4 heteroatoms.